The third kappa shape index (κ3) is 14.7. The van der Waals surface area contributed by atoms with Gasteiger partial charge in [-0.1, -0.05) is 110 Å². The molecule has 8 aromatic carbocycles. The number of hydrogen-bond donors (Lipinski definition) is 10. The minimum Gasteiger partial charge on any atom is -0.338 e. The summed E-state index contributed by atoms with van der Waals surface area (Å²) in [6.07, 6.45) is 16.2. The molecule has 0 unspecified atom stereocenters. The molecule has 0 spiro atoms. The number of fused-ring (bicyclic) bond motifs is 10. The third-order valence-corrected chi connectivity index (χ3v) is 19.0. The van der Waals surface area contributed by atoms with Gasteiger partial charge in [-0.25, -0.2) is 8.78 Å². The Labute approximate surface area is 610 Å². The van der Waals surface area contributed by atoms with Crippen LogP contribution in [-0.2, 0) is 19.3 Å². The summed E-state index contributed by atoms with van der Waals surface area (Å²) in [6, 6.07) is 73.5. The predicted octanol–water partition coefficient (Wildman–Crippen LogP) is 20.1. The zero-order valence-corrected chi connectivity index (χ0v) is 57.8. The number of alkyl halides is 2. The van der Waals surface area contributed by atoms with Gasteiger partial charge in [-0.2, -0.15) is 25.5 Å². The molecule has 0 bridgehead atoms. The second kappa shape index (κ2) is 29.3. The molecule has 2 aliphatic rings. The van der Waals surface area contributed by atoms with E-state index in [0.717, 1.165) is 141 Å². The Morgan fingerprint density at radius 3 is 1.42 bits per heavy atom. The van der Waals surface area contributed by atoms with E-state index >= 15 is 0 Å². The highest BCUT2D eigenvalue weighted by Crippen LogP contribution is 2.44. The van der Waals surface area contributed by atoms with Gasteiger partial charge in [-0.15, -0.1) is 0 Å². The number of para-hydroxylation sites is 1. The summed E-state index contributed by atoms with van der Waals surface area (Å²) in [5, 5.41) is 63.3. The normalized spacial score (nSPS) is 12.9. The Hall–Kier alpha value is -14.1. The fraction of sp³-hybridized carbons (Fsp3) is 0.107. The SMILES string of the molecule is CCc1cccc2cc(Nc3n[nH]c4cccnc34)ccc12.FC1(F)CCc2[nH]nc(Nc3ccc4ccccc4c3)c2C1.c1cc(C2CC2)c2ccc(Nc3n[nH]c4cccnc34)cc2c1.c1ccc2ncc(Nc3n[nH]c4cccnc34)cc2c1.c1cnc2c(Nc3ccc4cnccc4c3)n[nH]c2c1. The number of hydrogen-bond acceptors (Lipinski definition) is 16. The lowest BCUT2D eigenvalue weighted by atomic mass is 9.94. The van der Waals surface area contributed by atoms with Gasteiger partial charge in [0.05, 0.1) is 39.5 Å². The average molecular weight is 1410 g/mol. The topological polar surface area (TPSA) is 281 Å². The lowest BCUT2D eigenvalue weighted by molar-refractivity contribution is -0.0123. The van der Waals surface area contributed by atoms with Gasteiger partial charge in [0, 0.05) is 94.8 Å². The van der Waals surface area contributed by atoms with E-state index in [0.29, 0.717) is 23.6 Å². The number of aromatic amines is 5. The first-order valence-electron chi connectivity index (χ1n) is 35.3. The number of rotatable bonds is 12. The van der Waals surface area contributed by atoms with Crippen LogP contribution in [0, 0.1) is 0 Å². The molecule has 0 atom stereocenters. The maximum atomic E-state index is 13.6. The first-order chi connectivity index (χ1) is 52.6. The lowest BCUT2D eigenvalue weighted by Gasteiger charge is -2.21. The molecule has 11 heterocycles. The van der Waals surface area contributed by atoms with Crippen molar-refractivity contribution in [3.05, 3.63) is 284 Å². The molecule has 107 heavy (non-hydrogen) atoms. The summed E-state index contributed by atoms with van der Waals surface area (Å²) in [5.41, 5.74) is 17.1. The molecule has 524 valence electrons. The smallest absolute Gasteiger partial charge is 0.252 e. The number of benzene rings is 8. The zero-order valence-electron chi connectivity index (χ0n) is 57.8. The molecule has 0 saturated heterocycles. The van der Waals surface area contributed by atoms with Gasteiger partial charge >= 0.3 is 0 Å². The number of nitrogens with one attached hydrogen (secondary N) is 10. The average Bonchev–Trinajstić information content (AvgIpc) is 1.74. The first-order valence-corrected chi connectivity index (χ1v) is 35.3. The molecule has 1 saturated carbocycles. The fourth-order valence-corrected chi connectivity index (χ4v) is 13.4. The van der Waals surface area contributed by atoms with Crippen LogP contribution in [-0.4, -0.2) is 86.8 Å². The molecule has 19 aromatic rings. The lowest BCUT2D eigenvalue weighted by Crippen LogP contribution is -2.25. The maximum Gasteiger partial charge on any atom is 0.252 e. The summed E-state index contributed by atoms with van der Waals surface area (Å²) >= 11 is 0. The molecule has 0 radical (unpaired) electrons. The van der Waals surface area contributed by atoms with Crippen LogP contribution in [0.2, 0.25) is 0 Å². The van der Waals surface area contributed by atoms with Gasteiger partial charge in [-0.05, 0) is 196 Å². The number of halogens is 2. The molecule has 11 aromatic heterocycles. The molecule has 0 amide bonds. The van der Waals surface area contributed by atoms with Crippen molar-refractivity contribution >= 4 is 156 Å². The highest BCUT2D eigenvalue weighted by atomic mass is 19.3. The van der Waals surface area contributed by atoms with Crippen LogP contribution < -0.4 is 26.6 Å². The third-order valence-electron chi connectivity index (χ3n) is 19.0. The molecule has 2 aliphatic carbocycles. The molecular weight excluding hydrogens is 1340 g/mol. The van der Waals surface area contributed by atoms with Gasteiger partial charge in [0.15, 0.2) is 29.1 Å². The van der Waals surface area contributed by atoms with Gasteiger partial charge < -0.3 is 26.6 Å². The molecule has 10 N–H and O–H groups in total. The van der Waals surface area contributed by atoms with Crippen molar-refractivity contribution in [3.8, 4) is 0 Å². The Kier molecular flexibility index (Phi) is 18.1. The standard InChI is InChI=1S/C19H16N4.C18H16N4.C17H15F2N3.2C15H11N5/c1-3-13-11-14(8-9-16(13)15(4-1)12-6-7-12)21-19-18-17(22-23-19)5-2-10-20-18;1-2-12-5-3-6-13-11-14(8-9-15(12)13)20-18-17-16(21-22-18)7-4-10-19-17;18-17(19)8-7-15-14(10-17)16(22-21-15)20-13-6-5-11-3-1-2-4-12(11)9-13;1-2-13-14(17-6-1)15(20-19-13)18-12-4-3-11-9-16-7-5-10(11)8-12;1-2-5-12-10(4-1)8-11(9-17-12)18-15-14-13(19-20-15)6-3-7-16-14/h1-5,8-12H,6-7H2,(H2,21,22,23);3-11H,2H2,1H3,(H2,20,21,22);1-6,9H,7-8,10H2,(H2,20,21,22);2*1-9H,(H2,18,19,20). The van der Waals surface area contributed by atoms with Crippen LogP contribution in [0.15, 0.2) is 262 Å². The summed E-state index contributed by atoms with van der Waals surface area (Å²) in [6.45, 7) is 2.18. The van der Waals surface area contributed by atoms with E-state index in [9.17, 15) is 8.78 Å². The number of nitrogens with zero attached hydrogens (tertiary/aromatic N) is 11. The quantitative estimate of drug-likeness (QED) is 0.0544. The van der Waals surface area contributed by atoms with Crippen LogP contribution in [0.4, 0.5) is 66.3 Å². The highest BCUT2D eigenvalue weighted by Gasteiger charge is 2.37. The fourth-order valence-electron chi connectivity index (χ4n) is 13.4. The monoisotopic (exact) mass is 1410 g/mol. The van der Waals surface area contributed by atoms with Crippen LogP contribution in [0.25, 0.3) is 98.1 Å². The van der Waals surface area contributed by atoms with Crippen LogP contribution in [0.5, 0.6) is 0 Å². The van der Waals surface area contributed by atoms with Gasteiger partial charge in [0.2, 0.25) is 0 Å². The molecule has 1 fully saturated rings. The van der Waals surface area contributed by atoms with E-state index in [4.69, 9.17) is 0 Å². The van der Waals surface area contributed by atoms with Crippen molar-refractivity contribution in [2.75, 3.05) is 26.6 Å². The summed E-state index contributed by atoms with van der Waals surface area (Å²) in [5.74, 6) is 1.57. The van der Waals surface area contributed by atoms with Crippen molar-refractivity contribution in [1.82, 2.24) is 80.9 Å². The zero-order chi connectivity index (χ0) is 72.1. The van der Waals surface area contributed by atoms with Crippen molar-refractivity contribution in [3.63, 3.8) is 0 Å². The van der Waals surface area contributed by atoms with E-state index in [2.05, 4.69) is 193 Å². The summed E-state index contributed by atoms with van der Waals surface area (Å²) in [4.78, 5) is 25.9. The molecule has 0 aliphatic heterocycles. The van der Waals surface area contributed by atoms with Crippen molar-refractivity contribution in [1.29, 1.82) is 0 Å². The van der Waals surface area contributed by atoms with Gasteiger partial charge in [0.1, 0.15) is 22.1 Å². The Balaban J connectivity index is 0.0000000983. The van der Waals surface area contributed by atoms with Crippen LogP contribution in [0.1, 0.15) is 54.5 Å². The Bertz CT molecular complexity index is 6240. The van der Waals surface area contributed by atoms with Crippen molar-refractivity contribution < 1.29 is 8.78 Å². The number of H-pyrrole nitrogens is 5. The van der Waals surface area contributed by atoms with Crippen molar-refractivity contribution in [2.45, 2.75) is 57.3 Å². The largest absolute Gasteiger partial charge is 0.338 e. The van der Waals surface area contributed by atoms with E-state index < -0.39 is 5.92 Å². The number of aryl methyl sites for hydroxylation is 2. The minimum atomic E-state index is -2.64. The number of pyridine rings is 6. The number of aromatic nitrogens is 16. The van der Waals surface area contributed by atoms with E-state index in [1.807, 2.05) is 146 Å². The van der Waals surface area contributed by atoms with Crippen LogP contribution in [0.3, 0.4) is 0 Å². The second-order valence-electron chi connectivity index (χ2n) is 26.3. The van der Waals surface area contributed by atoms with Crippen molar-refractivity contribution in [2.24, 2.45) is 0 Å². The summed E-state index contributed by atoms with van der Waals surface area (Å²) < 4.78 is 27.2. The summed E-state index contributed by atoms with van der Waals surface area (Å²) in [7, 11) is 0. The maximum absolute atomic E-state index is 13.6. The Morgan fingerprint density at radius 1 is 0.383 bits per heavy atom. The minimum absolute atomic E-state index is 0.113. The molecule has 23 heteroatoms. The molecule has 21 nitrogen and oxygen atoms in total. The van der Waals surface area contributed by atoms with E-state index in [-0.39, 0.29) is 12.8 Å². The number of anilines is 10. The second-order valence-corrected chi connectivity index (χ2v) is 26.3. The van der Waals surface area contributed by atoms with E-state index in [1.165, 1.54) is 45.5 Å². The highest BCUT2D eigenvalue weighted by molar-refractivity contribution is 5.96. The predicted molar refractivity (Wildman–Crippen MR) is 424 cm³/mol. The molecule has 21 rings (SSSR count). The molecular formula is C84H69F2N21. The van der Waals surface area contributed by atoms with E-state index in [1.54, 1.807) is 37.2 Å². The van der Waals surface area contributed by atoms with Crippen LogP contribution >= 0.6 is 0 Å². The first kappa shape index (κ1) is 66.2. The van der Waals surface area contributed by atoms with Gasteiger partial charge in [0.25, 0.3) is 5.92 Å². The van der Waals surface area contributed by atoms with Gasteiger partial charge in [-0.3, -0.25) is 55.4 Å². The Morgan fingerprint density at radius 2 is 0.841 bits per heavy atom.